The smallest absolute Gasteiger partial charge is 0.347 e. The van der Waals surface area contributed by atoms with Crippen molar-refractivity contribution in [2.75, 3.05) is 0 Å². The van der Waals surface area contributed by atoms with Gasteiger partial charge in [-0.05, 0) is 52.3 Å². The van der Waals surface area contributed by atoms with E-state index in [9.17, 15) is 9.59 Å². The first kappa shape index (κ1) is 17.7. The molecule has 0 saturated carbocycles. The number of aromatic nitrogens is 6. The molecule has 2 N–H and O–H groups in total. The molecule has 0 aliphatic rings. The second-order valence-electron chi connectivity index (χ2n) is 5.64. The van der Waals surface area contributed by atoms with Crippen LogP contribution in [0.1, 0.15) is 0 Å². The van der Waals surface area contributed by atoms with Gasteiger partial charge < -0.3 is 4.74 Å². The van der Waals surface area contributed by atoms with Crippen molar-refractivity contribution in [2.24, 2.45) is 0 Å². The van der Waals surface area contributed by atoms with Crippen molar-refractivity contribution in [2.45, 2.75) is 0 Å². The van der Waals surface area contributed by atoms with E-state index in [1.165, 1.54) is 8.80 Å². The zero-order valence-corrected chi connectivity index (χ0v) is 15.8. The molecule has 10 heteroatoms. The van der Waals surface area contributed by atoms with E-state index in [0.29, 0.717) is 17.0 Å². The molecule has 0 spiro atoms. The number of aromatic amines is 2. The highest BCUT2D eigenvalue weighted by Crippen LogP contribution is 2.20. The normalized spacial score (nSPS) is 10.6. The maximum absolute atomic E-state index is 11.4. The van der Waals surface area contributed by atoms with E-state index in [1.807, 2.05) is 36.4 Å². The van der Waals surface area contributed by atoms with E-state index in [2.05, 4.69) is 36.3 Å². The van der Waals surface area contributed by atoms with E-state index in [4.69, 9.17) is 4.74 Å². The molecule has 0 unspecified atom stereocenters. The monoisotopic (exact) mass is 440 g/mol. The Bertz CT molecular complexity index is 1350. The molecular formula is C18H13BrN6O3. The number of para-hydroxylation sites is 1. The number of H-pyrrole nitrogens is 2. The minimum absolute atomic E-state index is 0.221. The maximum atomic E-state index is 11.4. The first-order valence-corrected chi connectivity index (χ1v) is 8.91. The van der Waals surface area contributed by atoms with Crippen molar-refractivity contribution in [3.8, 4) is 11.5 Å². The first-order chi connectivity index (χ1) is 13.6. The molecular weight excluding hydrogens is 428 g/mol. The second-order valence-corrected chi connectivity index (χ2v) is 6.56. The lowest BCUT2D eigenvalue weighted by Crippen LogP contribution is -2.08. The number of hydrogen-bond donors (Lipinski definition) is 2. The summed E-state index contributed by atoms with van der Waals surface area (Å²) in [6.45, 7) is 0. The summed E-state index contributed by atoms with van der Waals surface area (Å²) in [7, 11) is 0. The number of nitrogens with zero attached hydrogens (tertiary/aromatic N) is 4. The highest BCUT2D eigenvalue weighted by molar-refractivity contribution is 9.10. The summed E-state index contributed by atoms with van der Waals surface area (Å²) >= 11 is 3.25. The molecule has 1 aromatic carbocycles. The molecule has 9 nitrogen and oxygen atoms in total. The largest absolute Gasteiger partial charge is 0.456 e. The molecule has 0 atom stereocenters. The lowest BCUT2D eigenvalue weighted by atomic mass is 10.3. The molecule has 28 heavy (non-hydrogen) atoms. The quantitative estimate of drug-likeness (QED) is 0.438. The molecule has 4 aromatic heterocycles. The van der Waals surface area contributed by atoms with Gasteiger partial charge >= 0.3 is 11.4 Å². The summed E-state index contributed by atoms with van der Waals surface area (Å²) < 4.78 is 9.30. The van der Waals surface area contributed by atoms with Crippen LogP contribution < -0.4 is 16.1 Å². The minimum Gasteiger partial charge on any atom is -0.456 e. The molecule has 0 radical (unpaired) electrons. The van der Waals surface area contributed by atoms with Gasteiger partial charge in [0.05, 0.1) is 6.20 Å². The average molecular weight is 441 g/mol. The van der Waals surface area contributed by atoms with Crippen LogP contribution in [0.2, 0.25) is 0 Å². The Hall–Kier alpha value is -3.66. The molecule has 0 aliphatic carbocycles. The molecule has 0 bridgehead atoms. The van der Waals surface area contributed by atoms with Crippen molar-refractivity contribution >= 4 is 27.2 Å². The molecule has 5 rings (SSSR count). The minimum atomic E-state index is -0.279. The highest BCUT2D eigenvalue weighted by Gasteiger charge is 2.02. The van der Waals surface area contributed by atoms with Gasteiger partial charge in [-0.1, -0.05) is 18.2 Å². The van der Waals surface area contributed by atoms with Crippen molar-refractivity contribution in [1.82, 2.24) is 29.2 Å². The third-order valence-electron chi connectivity index (χ3n) is 3.74. The zero-order valence-electron chi connectivity index (χ0n) is 14.2. The Morgan fingerprint density at radius 3 is 2.04 bits per heavy atom. The summed E-state index contributed by atoms with van der Waals surface area (Å²) in [5, 5.41) is 12.3. The Kier molecular flexibility index (Phi) is 4.77. The van der Waals surface area contributed by atoms with E-state index < -0.39 is 0 Å². The van der Waals surface area contributed by atoms with Gasteiger partial charge in [0.2, 0.25) is 0 Å². The molecule has 0 aliphatic heterocycles. The van der Waals surface area contributed by atoms with Crippen molar-refractivity contribution in [3.63, 3.8) is 0 Å². The molecule has 0 saturated heterocycles. The Morgan fingerprint density at radius 1 is 0.750 bits per heavy atom. The number of hydrogen-bond acceptors (Lipinski definition) is 5. The van der Waals surface area contributed by atoms with Gasteiger partial charge in [0.15, 0.2) is 11.3 Å². The fourth-order valence-corrected chi connectivity index (χ4v) is 2.79. The lowest BCUT2D eigenvalue weighted by Gasteiger charge is -2.04. The van der Waals surface area contributed by atoms with Crippen LogP contribution in [-0.2, 0) is 0 Å². The number of ether oxygens (including phenoxy) is 1. The van der Waals surface area contributed by atoms with Gasteiger partial charge in [-0.25, -0.2) is 28.6 Å². The topological polar surface area (TPSA) is 110 Å². The highest BCUT2D eigenvalue weighted by atomic mass is 79.9. The van der Waals surface area contributed by atoms with Crippen LogP contribution in [0, 0.1) is 0 Å². The standard InChI is InChI=1S/C12H9N3O2.C6H4BrN3O/c16-12-14-13-11-7-6-10(8-15(11)12)17-9-4-2-1-3-5-9;7-4-1-2-5-8-9-6(11)10(5)3-4/h1-8H,(H,14,16);1-3H,(H,9,11). The lowest BCUT2D eigenvalue weighted by molar-refractivity contribution is 0.479. The number of halogens is 1. The molecule has 0 amide bonds. The summed E-state index contributed by atoms with van der Waals surface area (Å²) in [4.78, 5) is 22.3. The molecule has 140 valence electrons. The van der Waals surface area contributed by atoms with Gasteiger partial charge in [0.1, 0.15) is 11.5 Å². The molecule has 5 aromatic rings. The van der Waals surface area contributed by atoms with Gasteiger partial charge in [0, 0.05) is 10.7 Å². The predicted octanol–water partition coefficient (Wildman–Crippen LogP) is 2.60. The van der Waals surface area contributed by atoms with Crippen LogP contribution in [0.3, 0.4) is 0 Å². The number of pyridine rings is 2. The van der Waals surface area contributed by atoms with Crippen LogP contribution in [0.5, 0.6) is 11.5 Å². The SMILES string of the molecule is O=c1[nH]nc2ccc(Br)cn12.O=c1[nH]nc2ccc(Oc3ccccc3)cn12. The van der Waals surface area contributed by atoms with Gasteiger partial charge in [-0.2, -0.15) is 10.2 Å². The third kappa shape index (κ3) is 3.71. The Morgan fingerprint density at radius 2 is 1.36 bits per heavy atom. The van der Waals surface area contributed by atoms with Gasteiger partial charge in [-0.15, -0.1) is 0 Å². The molecule has 4 heterocycles. The fourth-order valence-electron chi connectivity index (χ4n) is 2.45. The van der Waals surface area contributed by atoms with Crippen LogP contribution in [0.15, 0.2) is 81.1 Å². The van der Waals surface area contributed by atoms with E-state index in [0.717, 1.165) is 10.2 Å². The predicted molar refractivity (Wildman–Crippen MR) is 106 cm³/mol. The summed E-state index contributed by atoms with van der Waals surface area (Å²) in [6.07, 6.45) is 3.27. The second kappa shape index (κ2) is 7.53. The number of fused-ring (bicyclic) bond motifs is 2. The Balaban J connectivity index is 0.000000151. The molecule has 0 fully saturated rings. The number of nitrogens with one attached hydrogen (secondary N) is 2. The fraction of sp³-hybridized carbons (Fsp3) is 0. The average Bonchev–Trinajstić information content (AvgIpc) is 3.26. The van der Waals surface area contributed by atoms with Crippen molar-refractivity contribution in [3.05, 3.63) is 92.4 Å². The van der Waals surface area contributed by atoms with Crippen LogP contribution >= 0.6 is 15.9 Å². The third-order valence-corrected chi connectivity index (χ3v) is 4.21. The van der Waals surface area contributed by atoms with Crippen molar-refractivity contribution < 1.29 is 4.74 Å². The van der Waals surface area contributed by atoms with Crippen LogP contribution in [-0.4, -0.2) is 29.2 Å². The van der Waals surface area contributed by atoms with Gasteiger partial charge in [0.25, 0.3) is 0 Å². The van der Waals surface area contributed by atoms with E-state index in [1.54, 1.807) is 30.6 Å². The van der Waals surface area contributed by atoms with Crippen molar-refractivity contribution in [1.29, 1.82) is 0 Å². The summed E-state index contributed by atoms with van der Waals surface area (Å²) in [5.74, 6) is 1.32. The van der Waals surface area contributed by atoms with Gasteiger partial charge in [-0.3, -0.25) is 0 Å². The summed E-state index contributed by atoms with van der Waals surface area (Å²) in [6, 6.07) is 16.5. The zero-order chi connectivity index (χ0) is 19.5. The van der Waals surface area contributed by atoms with E-state index >= 15 is 0 Å². The number of rotatable bonds is 2. The summed E-state index contributed by atoms with van der Waals surface area (Å²) in [5.41, 5.74) is 0.688. The first-order valence-electron chi connectivity index (χ1n) is 8.12. The van der Waals surface area contributed by atoms with Crippen LogP contribution in [0.25, 0.3) is 11.3 Å². The van der Waals surface area contributed by atoms with Crippen LogP contribution in [0.4, 0.5) is 0 Å². The Labute approximate surface area is 165 Å². The number of benzene rings is 1. The maximum Gasteiger partial charge on any atom is 0.347 e. The van der Waals surface area contributed by atoms with E-state index in [-0.39, 0.29) is 11.4 Å².